The van der Waals surface area contributed by atoms with E-state index in [0.717, 1.165) is 34.3 Å². The van der Waals surface area contributed by atoms with E-state index in [0.29, 0.717) is 5.82 Å². The maximum Gasteiger partial charge on any atom is 0.179 e. The summed E-state index contributed by atoms with van der Waals surface area (Å²) in [5.41, 5.74) is 8.60. The van der Waals surface area contributed by atoms with Crippen LogP contribution in [0, 0.1) is 6.92 Å². The molecule has 2 heterocycles. The first-order valence-electron chi connectivity index (χ1n) is 7.08. The molecule has 0 amide bonds. The van der Waals surface area contributed by atoms with Gasteiger partial charge in [0.25, 0.3) is 0 Å². The highest BCUT2D eigenvalue weighted by atomic mass is 14.9. The molecule has 3 rings (SSSR count). The minimum absolute atomic E-state index is 0.0765. The zero-order valence-corrected chi connectivity index (χ0v) is 12.2. The Morgan fingerprint density at radius 3 is 2.76 bits per heavy atom. The SMILES string of the molecule is Cc1cc(CC(C)N)nc(-c2nccc3ccccc23)n1. The molecular formula is C17H18N4. The molecule has 2 aromatic heterocycles. The van der Waals surface area contributed by atoms with Crippen molar-refractivity contribution in [2.24, 2.45) is 5.73 Å². The molecule has 0 saturated heterocycles. The zero-order valence-electron chi connectivity index (χ0n) is 12.2. The molecule has 106 valence electrons. The lowest BCUT2D eigenvalue weighted by molar-refractivity contribution is 0.719. The van der Waals surface area contributed by atoms with Crippen molar-refractivity contribution in [2.45, 2.75) is 26.3 Å². The molecule has 21 heavy (non-hydrogen) atoms. The van der Waals surface area contributed by atoms with Gasteiger partial charge in [0, 0.05) is 35.4 Å². The summed E-state index contributed by atoms with van der Waals surface area (Å²) in [6.45, 7) is 3.95. The van der Waals surface area contributed by atoms with Crippen LogP contribution in [0.5, 0.6) is 0 Å². The average Bonchev–Trinajstić information content (AvgIpc) is 2.45. The quantitative estimate of drug-likeness (QED) is 0.800. The summed E-state index contributed by atoms with van der Waals surface area (Å²) in [5, 5.41) is 2.21. The largest absolute Gasteiger partial charge is 0.328 e. The third-order valence-corrected chi connectivity index (χ3v) is 3.32. The van der Waals surface area contributed by atoms with E-state index in [9.17, 15) is 0 Å². The van der Waals surface area contributed by atoms with Crippen LogP contribution in [0.15, 0.2) is 42.6 Å². The van der Waals surface area contributed by atoms with E-state index < -0.39 is 0 Å². The van der Waals surface area contributed by atoms with Crippen molar-refractivity contribution in [1.82, 2.24) is 15.0 Å². The van der Waals surface area contributed by atoms with Crippen LogP contribution in [-0.4, -0.2) is 21.0 Å². The van der Waals surface area contributed by atoms with Gasteiger partial charge < -0.3 is 5.73 Å². The van der Waals surface area contributed by atoms with Crippen molar-refractivity contribution in [1.29, 1.82) is 0 Å². The molecule has 4 nitrogen and oxygen atoms in total. The standard InChI is InChI=1S/C17H18N4/c1-11(18)9-14-10-12(2)20-17(21-14)16-15-6-4-3-5-13(15)7-8-19-16/h3-8,10-11H,9,18H2,1-2H3. The van der Waals surface area contributed by atoms with Gasteiger partial charge in [0.15, 0.2) is 5.82 Å². The highest BCUT2D eigenvalue weighted by Crippen LogP contribution is 2.24. The van der Waals surface area contributed by atoms with Gasteiger partial charge in [0.2, 0.25) is 0 Å². The van der Waals surface area contributed by atoms with E-state index in [2.05, 4.69) is 27.1 Å². The van der Waals surface area contributed by atoms with Crippen LogP contribution in [0.4, 0.5) is 0 Å². The Hall–Kier alpha value is -2.33. The Morgan fingerprint density at radius 1 is 1.14 bits per heavy atom. The minimum atomic E-state index is 0.0765. The van der Waals surface area contributed by atoms with Crippen molar-refractivity contribution in [3.05, 3.63) is 54.0 Å². The Bertz CT molecular complexity index is 775. The van der Waals surface area contributed by atoms with Crippen LogP contribution in [0.1, 0.15) is 18.3 Å². The number of benzene rings is 1. The Balaban J connectivity index is 2.16. The van der Waals surface area contributed by atoms with E-state index in [1.807, 2.05) is 38.1 Å². The van der Waals surface area contributed by atoms with Gasteiger partial charge in [-0.2, -0.15) is 0 Å². The molecule has 0 aliphatic heterocycles. The maximum atomic E-state index is 5.88. The minimum Gasteiger partial charge on any atom is -0.328 e. The summed E-state index contributed by atoms with van der Waals surface area (Å²) in [4.78, 5) is 13.7. The summed E-state index contributed by atoms with van der Waals surface area (Å²) in [5.74, 6) is 0.669. The van der Waals surface area contributed by atoms with Crippen molar-refractivity contribution in [3.8, 4) is 11.5 Å². The molecule has 0 fully saturated rings. The summed E-state index contributed by atoms with van der Waals surface area (Å²) in [6.07, 6.45) is 2.54. The lowest BCUT2D eigenvalue weighted by Gasteiger charge is -2.09. The molecule has 1 unspecified atom stereocenters. The topological polar surface area (TPSA) is 64.7 Å². The predicted molar refractivity (Wildman–Crippen MR) is 84.9 cm³/mol. The fourth-order valence-electron chi connectivity index (χ4n) is 2.47. The molecule has 0 radical (unpaired) electrons. The molecular weight excluding hydrogens is 260 g/mol. The van der Waals surface area contributed by atoms with E-state index >= 15 is 0 Å². The van der Waals surface area contributed by atoms with E-state index in [1.165, 1.54) is 0 Å². The van der Waals surface area contributed by atoms with Crippen LogP contribution in [0.25, 0.3) is 22.3 Å². The van der Waals surface area contributed by atoms with Crippen molar-refractivity contribution in [2.75, 3.05) is 0 Å². The third-order valence-electron chi connectivity index (χ3n) is 3.32. The molecule has 1 aromatic carbocycles. The number of rotatable bonds is 3. The molecule has 0 spiro atoms. The first kappa shape index (κ1) is 13.6. The molecule has 2 N–H and O–H groups in total. The lowest BCUT2D eigenvalue weighted by atomic mass is 10.1. The highest BCUT2D eigenvalue weighted by Gasteiger charge is 2.10. The number of hydrogen-bond acceptors (Lipinski definition) is 4. The van der Waals surface area contributed by atoms with Crippen LogP contribution in [0.2, 0.25) is 0 Å². The fourth-order valence-corrected chi connectivity index (χ4v) is 2.47. The summed E-state index contributed by atoms with van der Waals surface area (Å²) < 4.78 is 0. The second-order valence-electron chi connectivity index (χ2n) is 5.39. The van der Waals surface area contributed by atoms with E-state index in [-0.39, 0.29) is 6.04 Å². The number of aryl methyl sites for hydroxylation is 1. The van der Waals surface area contributed by atoms with Crippen LogP contribution in [0.3, 0.4) is 0 Å². The summed E-state index contributed by atoms with van der Waals surface area (Å²) in [7, 11) is 0. The normalized spacial score (nSPS) is 12.5. The van der Waals surface area contributed by atoms with Gasteiger partial charge in [-0.3, -0.25) is 4.98 Å². The van der Waals surface area contributed by atoms with Crippen molar-refractivity contribution < 1.29 is 0 Å². The van der Waals surface area contributed by atoms with E-state index in [4.69, 9.17) is 5.73 Å². The monoisotopic (exact) mass is 278 g/mol. The van der Waals surface area contributed by atoms with Gasteiger partial charge in [-0.25, -0.2) is 9.97 Å². The van der Waals surface area contributed by atoms with Crippen molar-refractivity contribution >= 4 is 10.8 Å². The first-order valence-corrected chi connectivity index (χ1v) is 7.08. The molecule has 0 saturated carbocycles. The summed E-state index contributed by atoms with van der Waals surface area (Å²) >= 11 is 0. The Morgan fingerprint density at radius 2 is 1.95 bits per heavy atom. The number of pyridine rings is 1. The Kier molecular flexibility index (Phi) is 3.62. The van der Waals surface area contributed by atoms with Gasteiger partial charge in [0.05, 0.1) is 0 Å². The number of nitrogens with two attached hydrogens (primary N) is 1. The average molecular weight is 278 g/mol. The first-order chi connectivity index (χ1) is 10.1. The van der Waals surface area contributed by atoms with Gasteiger partial charge >= 0.3 is 0 Å². The predicted octanol–water partition coefficient (Wildman–Crippen LogP) is 2.89. The van der Waals surface area contributed by atoms with Crippen LogP contribution >= 0.6 is 0 Å². The van der Waals surface area contributed by atoms with Crippen LogP contribution < -0.4 is 5.73 Å². The van der Waals surface area contributed by atoms with Crippen LogP contribution in [-0.2, 0) is 6.42 Å². The van der Waals surface area contributed by atoms with Gasteiger partial charge in [-0.15, -0.1) is 0 Å². The number of fused-ring (bicyclic) bond motifs is 1. The molecule has 3 aromatic rings. The summed E-state index contributed by atoms with van der Waals surface area (Å²) in [6, 6.07) is 12.2. The second-order valence-corrected chi connectivity index (χ2v) is 5.39. The fraction of sp³-hybridized carbons (Fsp3) is 0.235. The molecule has 0 aliphatic carbocycles. The van der Waals surface area contributed by atoms with Gasteiger partial charge in [0.1, 0.15) is 5.69 Å². The Labute approximate surface area is 124 Å². The molecule has 4 heteroatoms. The van der Waals surface area contributed by atoms with Crippen molar-refractivity contribution in [3.63, 3.8) is 0 Å². The van der Waals surface area contributed by atoms with E-state index in [1.54, 1.807) is 6.20 Å². The molecule has 0 bridgehead atoms. The number of hydrogen-bond donors (Lipinski definition) is 1. The molecule has 1 atom stereocenters. The maximum absolute atomic E-state index is 5.88. The van der Waals surface area contributed by atoms with Gasteiger partial charge in [-0.1, -0.05) is 24.3 Å². The number of nitrogens with zero attached hydrogens (tertiary/aromatic N) is 3. The van der Waals surface area contributed by atoms with Gasteiger partial charge in [-0.05, 0) is 31.4 Å². The lowest BCUT2D eigenvalue weighted by Crippen LogP contribution is -2.19. The molecule has 0 aliphatic rings. The third kappa shape index (κ3) is 2.90. The number of aromatic nitrogens is 3. The smallest absolute Gasteiger partial charge is 0.179 e. The second kappa shape index (κ2) is 5.58. The zero-order chi connectivity index (χ0) is 14.8. The highest BCUT2D eigenvalue weighted by molar-refractivity contribution is 5.92.